The van der Waals surface area contributed by atoms with E-state index in [-0.39, 0.29) is 31.9 Å². The number of aromatic nitrogens is 3. The molecular formula is C52H44N5OPt-3. The van der Waals surface area contributed by atoms with E-state index in [9.17, 15) is 0 Å². The zero-order chi connectivity index (χ0) is 39.8. The van der Waals surface area contributed by atoms with Crippen molar-refractivity contribution in [3.8, 4) is 23.0 Å². The van der Waals surface area contributed by atoms with Crippen LogP contribution in [-0.2, 0) is 31.9 Å². The molecule has 7 heteroatoms. The molecule has 6 nitrogen and oxygen atoms in total. The fourth-order valence-corrected chi connectivity index (χ4v) is 8.11. The normalized spacial score (nSPS) is 13.0. The van der Waals surface area contributed by atoms with Gasteiger partial charge < -0.3 is 23.7 Å². The van der Waals surface area contributed by atoms with Crippen LogP contribution in [0.2, 0.25) is 0 Å². The molecule has 6 aromatic carbocycles. The van der Waals surface area contributed by atoms with Crippen LogP contribution in [-0.4, -0.2) is 14.1 Å². The van der Waals surface area contributed by atoms with E-state index in [1.54, 1.807) is 0 Å². The van der Waals surface area contributed by atoms with Crippen LogP contribution in [0.5, 0.6) is 11.5 Å². The second kappa shape index (κ2) is 14.6. The Hall–Kier alpha value is -6.10. The van der Waals surface area contributed by atoms with Gasteiger partial charge in [0.1, 0.15) is 5.82 Å². The zero-order valence-corrected chi connectivity index (χ0v) is 36.2. The molecule has 0 aliphatic carbocycles. The Kier molecular flexibility index (Phi) is 9.52. The summed E-state index contributed by atoms with van der Waals surface area (Å²) < 4.78 is 11.1. The van der Waals surface area contributed by atoms with Crippen LogP contribution < -0.4 is 14.5 Å². The molecule has 296 valence electrons. The van der Waals surface area contributed by atoms with Crippen molar-refractivity contribution >= 4 is 55.5 Å². The Balaban J connectivity index is 0.00000449. The topological polar surface area (TPSA) is 38.5 Å². The van der Waals surface area contributed by atoms with E-state index >= 15 is 0 Å². The monoisotopic (exact) mass is 949 g/mol. The Morgan fingerprint density at radius 2 is 1.25 bits per heavy atom. The van der Waals surface area contributed by atoms with Crippen molar-refractivity contribution in [2.24, 2.45) is 0 Å². The standard InChI is InChI=1S/C52H44N5O.Pt/c1-51(2,3)36-22-25-47(54-29-27-35-14-7-9-18-43(35)54)49(30-36)56-34-55(45-20-11-12-21-46(45)56)38-15-13-16-39(32-38)58-40-23-24-42-41-17-8-10-19-44(41)57(48(42)33-40)50-31-37(26-28-53-50)52(4,5)6;/h7-31,34H,1-6H3;/q-3;. The first-order valence-electron chi connectivity index (χ1n) is 19.9. The summed E-state index contributed by atoms with van der Waals surface area (Å²) in [6.07, 6.45) is 4.07. The van der Waals surface area contributed by atoms with Gasteiger partial charge in [0.15, 0.2) is 0 Å². The molecule has 0 radical (unpaired) electrons. The molecule has 0 fully saturated rings. The Labute approximate surface area is 360 Å². The van der Waals surface area contributed by atoms with Crippen LogP contribution in [0.15, 0.2) is 152 Å². The average Bonchev–Trinajstić information content (AvgIpc) is 3.92. The number of para-hydroxylation sites is 4. The average molecular weight is 950 g/mol. The summed E-state index contributed by atoms with van der Waals surface area (Å²) in [6.45, 7) is 15.6. The molecule has 10 rings (SSSR count). The molecule has 1 aliphatic heterocycles. The van der Waals surface area contributed by atoms with Crippen LogP contribution >= 0.6 is 0 Å². The predicted molar refractivity (Wildman–Crippen MR) is 238 cm³/mol. The molecule has 9 aromatic rings. The number of rotatable bonds is 6. The van der Waals surface area contributed by atoms with E-state index in [1.165, 1.54) is 22.0 Å². The molecule has 1 aliphatic rings. The van der Waals surface area contributed by atoms with Crippen LogP contribution in [0.4, 0.5) is 22.7 Å². The molecule has 0 spiro atoms. The summed E-state index contributed by atoms with van der Waals surface area (Å²) in [5.41, 5.74) is 10.8. The Morgan fingerprint density at radius 1 is 0.559 bits per heavy atom. The minimum Gasteiger partial charge on any atom is -0.509 e. The van der Waals surface area contributed by atoms with E-state index in [2.05, 4.69) is 207 Å². The van der Waals surface area contributed by atoms with Crippen LogP contribution in [0.3, 0.4) is 0 Å². The number of hydrogen-bond donors (Lipinski definition) is 0. The maximum absolute atomic E-state index is 6.61. The number of fused-ring (bicyclic) bond motifs is 5. The van der Waals surface area contributed by atoms with Gasteiger partial charge in [0.05, 0.1) is 11.2 Å². The van der Waals surface area contributed by atoms with Gasteiger partial charge in [-0.2, -0.15) is 12.1 Å². The number of hydrogen-bond acceptors (Lipinski definition) is 4. The van der Waals surface area contributed by atoms with Gasteiger partial charge in [-0.05, 0) is 87.3 Å². The van der Waals surface area contributed by atoms with Gasteiger partial charge in [-0.3, -0.25) is 0 Å². The minimum atomic E-state index is -0.0359. The predicted octanol–water partition coefficient (Wildman–Crippen LogP) is 13.5. The smallest absolute Gasteiger partial charge is 0.135 e. The molecule has 59 heavy (non-hydrogen) atoms. The third-order valence-corrected chi connectivity index (χ3v) is 11.2. The molecule has 0 amide bonds. The molecule has 0 unspecified atom stereocenters. The molecule has 0 atom stereocenters. The summed E-state index contributed by atoms with van der Waals surface area (Å²) >= 11 is 0. The van der Waals surface area contributed by atoms with Gasteiger partial charge in [-0.25, -0.2) is 4.98 Å². The molecule has 0 bridgehead atoms. The van der Waals surface area contributed by atoms with Crippen molar-refractivity contribution in [1.82, 2.24) is 14.1 Å². The molecule has 4 heterocycles. The third kappa shape index (κ3) is 6.80. The second-order valence-electron chi connectivity index (χ2n) is 17.1. The number of pyridine rings is 1. The molecular weight excluding hydrogens is 906 g/mol. The van der Waals surface area contributed by atoms with Gasteiger partial charge in [-0.1, -0.05) is 102 Å². The number of nitrogens with zero attached hydrogens (tertiary/aromatic N) is 5. The largest absolute Gasteiger partial charge is 0.509 e. The fraction of sp³-hybridized carbons (Fsp3) is 0.154. The third-order valence-electron chi connectivity index (χ3n) is 11.2. The van der Waals surface area contributed by atoms with Crippen LogP contribution in [0.25, 0.3) is 44.2 Å². The van der Waals surface area contributed by atoms with E-state index in [4.69, 9.17) is 9.72 Å². The number of anilines is 4. The van der Waals surface area contributed by atoms with E-state index in [0.29, 0.717) is 11.5 Å². The molecule has 3 aromatic heterocycles. The molecule has 0 saturated carbocycles. The summed E-state index contributed by atoms with van der Waals surface area (Å²) in [5.74, 6) is 2.06. The van der Waals surface area contributed by atoms with E-state index in [1.807, 2.05) is 24.4 Å². The Morgan fingerprint density at radius 3 is 2.05 bits per heavy atom. The maximum atomic E-state index is 6.61. The van der Waals surface area contributed by atoms with Crippen molar-refractivity contribution in [2.75, 3.05) is 9.80 Å². The van der Waals surface area contributed by atoms with E-state index < -0.39 is 0 Å². The van der Waals surface area contributed by atoms with Crippen molar-refractivity contribution in [1.29, 1.82) is 0 Å². The quantitative estimate of drug-likeness (QED) is 0.156. The minimum absolute atomic E-state index is 0. The van der Waals surface area contributed by atoms with Gasteiger partial charge in [0, 0.05) is 67.5 Å². The fourth-order valence-electron chi connectivity index (χ4n) is 8.11. The SMILES string of the molecule is CC(C)(C)c1ccnc(-n2c3[c-]c(Oc4[c-]c(N5[CH-]N(c6cc(C(C)(C)C)ccc6-n6ccc7ccccc76)c6ccccc65)ccc4)ccc3c3ccccc32)c1.[Pt]. The maximum Gasteiger partial charge on any atom is 0.135 e. The summed E-state index contributed by atoms with van der Waals surface area (Å²) in [5, 5.41) is 3.44. The van der Waals surface area contributed by atoms with Gasteiger partial charge in [-0.15, -0.1) is 48.1 Å². The van der Waals surface area contributed by atoms with E-state index in [0.717, 1.165) is 56.1 Å². The Bertz CT molecular complexity index is 3020. The summed E-state index contributed by atoms with van der Waals surface area (Å²) in [4.78, 5) is 9.34. The number of benzene rings is 6. The zero-order valence-electron chi connectivity index (χ0n) is 34.0. The van der Waals surface area contributed by atoms with Crippen molar-refractivity contribution < 1.29 is 25.8 Å². The second-order valence-corrected chi connectivity index (χ2v) is 17.1. The molecule has 0 saturated heterocycles. The first-order valence-corrected chi connectivity index (χ1v) is 19.9. The van der Waals surface area contributed by atoms with Gasteiger partial charge in [0.2, 0.25) is 0 Å². The van der Waals surface area contributed by atoms with Crippen LogP contribution in [0, 0.1) is 18.8 Å². The molecule has 0 N–H and O–H groups in total. The van der Waals surface area contributed by atoms with Crippen molar-refractivity contribution in [3.63, 3.8) is 0 Å². The van der Waals surface area contributed by atoms with Crippen LogP contribution in [0.1, 0.15) is 52.7 Å². The number of ether oxygens (including phenoxy) is 1. The van der Waals surface area contributed by atoms with Crippen molar-refractivity contribution in [2.45, 2.75) is 52.4 Å². The van der Waals surface area contributed by atoms with Gasteiger partial charge in [0.25, 0.3) is 0 Å². The first kappa shape index (κ1) is 38.4. The summed E-state index contributed by atoms with van der Waals surface area (Å²) in [7, 11) is 0. The summed E-state index contributed by atoms with van der Waals surface area (Å²) in [6, 6.07) is 56.2. The first-order chi connectivity index (χ1) is 28.0. The van der Waals surface area contributed by atoms with Crippen molar-refractivity contribution in [3.05, 3.63) is 182 Å². The van der Waals surface area contributed by atoms with Gasteiger partial charge >= 0.3 is 0 Å².